The second-order valence-electron chi connectivity index (χ2n) is 6.16. The maximum Gasteiger partial charge on any atom is 0.223 e. The van der Waals surface area contributed by atoms with E-state index in [4.69, 9.17) is 5.73 Å². The van der Waals surface area contributed by atoms with E-state index in [0.717, 1.165) is 36.9 Å². The van der Waals surface area contributed by atoms with Crippen molar-refractivity contribution in [1.29, 1.82) is 0 Å². The van der Waals surface area contributed by atoms with Gasteiger partial charge in [0.2, 0.25) is 11.8 Å². The first kappa shape index (κ1) is 19.5. The van der Waals surface area contributed by atoms with Crippen LogP contribution < -0.4 is 16.4 Å². The first-order valence-corrected chi connectivity index (χ1v) is 7.89. The Morgan fingerprint density at radius 2 is 2.04 bits per heavy atom. The van der Waals surface area contributed by atoms with E-state index in [1.165, 1.54) is 6.92 Å². The normalized spacial score (nSPS) is 21.7. The van der Waals surface area contributed by atoms with Crippen molar-refractivity contribution < 1.29 is 9.59 Å². The molecular formula is C17H26ClN3O2. The van der Waals surface area contributed by atoms with Gasteiger partial charge in [-0.1, -0.05) is 18.6 Å². The number of halogens is 1. The Hall–Kier alpha value is -1.59. The highest BCUT2D eigenvalue weighted by Crippen LogP contribution is 2.25. The van der Waals surface area contributed by atoms with Crippen LogP contribution in [0.25, 0.3) is 0 Å². The van der Waals surface area contributed by atoms with Crippen molar-refractivity contribution in [1.82, 2.24) is 5.32 Å². The lowest BCUT2D eigenvalue weighted by atomic mass is 9.85. The van der Waals surface area contributed by atoms with Crippen LogP contribution in [0.2, 0.25) is 0 Å². The summed E-state index contributed by atoms with van der Waals surface area (Å²) in [6.45, 7) is 3.43. The van der Waals surface area contributed by atoms with Crippen LogP contribution in [0.5, 0.6) is 0 Å². The van der Waals surface area contributed by atoms with E-state index in [9.17, 15) is 9.59 Å². The zero-order valence-corrected chi connectivity index (χ0v) is 14.5. The molecule has 2 amide bonds. The molecule has 6 heteroatoms. The summed E-state index contributed by atoms with van der Waals surface area (Å²) < 4.78 is 0. The third-order valence-electron chi connectivity index (χ3n) is 4.15. The van der Waals surface area contributed by atoms with E-state index in [-0.39, 0.29) is 42.2 Å². The minimum Gasteiger partial charge on any atom is -0.349 e. The number of hydrogen-bond acceptors (Lipinski definition) is 3. The van der Waals surface area contributed by atoms with Crippen LogP contribution in [0.15, 0.2) is 24.3 Å². The van der Waals surface area contributed by atoms with Gasteiger partial charge < -0.3 is 16.4 Å². The summed E-state index contributed by atoms with van der Waals surface area (Å²) in [5, 5.41) is 5.81. The first-order valence-electron chi connectivity index (χ1n) is 7.89. The fraction of sp³-hybridized carbons (Fsp3) is 0.529. The number of anilines is 1. The van der Waals surface area contributed by atoms with Gasteiger partial charge in [-0.25, -0.2) is 0 Å². The molecule has 3 unspecified atom stereocenters. The zero-order valence-electron chi connectivity index (χ0n) is 13.7. The average molecular weight is 340 g/mol. The number of nitrogens with two attached hydrogens (primary N) is 1. The monoisotopic (exact) mass is 339 g/mol. The molecule has 1 saturated carbocycles. The maximum atomic E-state index is 12.4. The third kappa shape index (κ3) is 5.84. The molecule has 0 spiro atoms. The zero-order chi connectivity index (χ0) is 16.1. The van der Waals surface area contributed by atoms with E-state index in [0.29, 0.717) is 0 Å². The van der Waals surface area contributed by atoms with Gasteiger partial charge in [0.1, 0.15) is 0 Å². The number of nitrogens with one attached hydrogen (secondary N) is 2. The smallest absolute Gasteiger partial charge is 0.223 e. The molecule has 1 aliphatic carbocycles. The van der Waals surface area contributed by atoms with Gasteiger partial charge in [-0.2, -0.15) is 0 Å². The number of amides is 2. The Balaban J connectivity index is 0.00000264. The molecule has 1 fully saturated rings. The molecule has 1 aromatic rings. The molecule has 1 aromatic carbocycles. The van der Waals surface area contributed by atoms with Crippen LogP contribution >= 0.6 is 12.4 Å². The Labute approximate surface area is 143 Å². The molecule has 0 aromatic heterocycles. The number of hydrogen-bond donors (Lipinski definition) is 3. The number of benzene rings is 1. The molecule has 0 aliphatic heterocycles. The number of carbonyl (C=O) groups excluding carboxylic acids is 2. The Bertz CT molecular complexity index is 550. The van der Waals surface area contributed by atoms with Crippen molar-refractivity contribution >= 4 is 29.9 Å². The summed E-state index contributed by atoms with van der Waals surface area (Å²) in [6.07, 6.45) is 3.71. The van der Waals surface area contributed by atoms with E-state index in [1.54, 1.807) is 0 Å². The van der Waals surface area contributed by atoms with Crippen LogP contribution in [-0.2, 0) is 9.59 Å². The Morgan fingerprint density at radius 1 is 1.30 bits per heavy atom. The number of carbonyl (C=O) groups is 2. The van der Waals surface area contributed by atoms with Crippen LogP contribution in [0.3, 0.4) is 0 Å². The van der Waals surface area contributed by atoms with Crippen molar-refractivity contribution in [3.8, 4) is 0 Å². The molecule has 128 valence electrons. The molecule has 0 bridgehead atoms. The van der Waals surface area contributed by atoms with Gasteiger partial charge in [0, 0.05) is 24.6 Å². The lowest BCUT2D eigenvalue weighted by Gasteiger charge is -2.27. The summed E-state index contributed by atoms with van der Waals surface area (Å²) in [5.74, 6) is -0.0117. The summed E-state index contributed by atoms with van der Waals surface area (Å²) >= 11 is 0. The van der Waals surface area contributed by atoms with Gasteiger partial charge in [0.25, 0.3) is 0 Å². The van der Waals surface area contributed by atoms with Gasteiger partial charge in [0.15, 0.2) is 0 Å². The Kier molecular flexibility index (Phi) is 7.52. The minimum atomic E-state index is -0.106. The fourth-order valence-corrected chi connectivity index (χ4v) is 2.97. The summed E-state index contributed by atoms with van der Waals surface area (Å²) in [5.41, 5.74) is 7.66. The van der Waals surface area contributed by atoms with Crippen LogP contribution in [0, 0.1) is 5.92 Å². The molecular weight excluding hydrogens is 314 g/mol. The minimum absolute atomic E-state index is 0. The van der Waals surface area contributed by atoms with Crippen LogP contribution in [0.4, 0.5) is 5.69 Å². The quantitative estimate of drug-likeness (QED) is 0.788. The molecule has 5 nitrogen and oxygen atoms in total. The van der Waals surface area contributed by atoms with E-state index >= 15 is 0 Å². The summed E-state index contributed by atoms with van der Waals surface area (Å²) in [7, 11) is 0. The molecule has 0 heterocycles. The lowest BCUT2D eigenvalue weighted by molar-refractivity contribution is -0.126. The van der Waals surface area contributed by atoms with Crippen molar-refractivity contribution in [3.63, 3.8) is 0 Å². The summed E-state index contributed by atoms with van der Waals surface area (Å²) in [4.78, 5) is 23.5. The van der Waals surface area contributed by atoms with E-state index < -0.39 is 0 Å². The fourth-order valence-electron chi connectivity index (χ4n) is 2.97. The molecule has 4 N–H and O–H groups in total. The molecule has 0 saturated heterocycles. The second-order valence-corrected chi connectivity index (χ2v) is 6.16. The Morgan fingerprint density at radius 3 is 2.70 bits per heavy atom. The van der Waals surface area contributed by atoms with Crippen molar-refractivity contribution in [3.05, 3.63) is 29.8 Å². The lowest BCUT2D eigenvalue weighted by Crippen LogP contribution is -2.38. The molecule has 3 atom stereocenters. The van der Waals surface area contributed by atoms with Crippen LogP contribution in [-0.4, -0.2) is 17.9 Å². The van der Waals surface area contributed by atoms with Gasteiger partial charge in [-0.3, -0.25) is 9.59 Å². The van der Waals surface area contributed by atoms with Gasteiger partial charge in [0.05, 0.1) is 6.04 Å². The second kappa shape index (κ2) is 8.89. The summed E-state index contributed by atoms with van der Waals surface area (Å²) in [6, 6.07) is 7.59. The highest BCUT2D eigenvalue weighted by Gasteiger charge is 2.26. The molecule has 2 rings (SSSR count). The standard InChI is InChI=1S/C17H25N3O2.ClH/c1-11(13-5-4-8-16(10-13)20-12(2)21)19-17(22)14-6-3-7-15(18)9-14;/h4-5,8,10-11,14-15H,3,6-7,9,18H2,1-2H3,(H,19,22)(H,20,21);1H. The molecule has 0 radical (unpaired) electrons. The third-order valence-corrected chi connectivity index (χ3v) is 4.15. The highest BCUT2D eigenvalue weighted by molar-refractivity contribution is 5.88. The van der Waals surface area contributed by atoms with Crippen LogP contribution in [0.1, 0.15) is 51.1 Å². The average Bonchev–Trinajstić information content (AvgIpc) is 2.46. The molecule has 1 aliphatic rings. The van der Waals surface area contributed by atoms with E-state index in [2.05, 4.69) is 10.6 Å². The van der Waals surface area contributed by atoms with Crippen molar-refractivity contribution in [2.45, 2.75) is 51.6 Å². The van der Waals surface area contributed by atoms with Crippen molar-refractivity contribution in [2.24, 2.45) is 11.7 Å². The van der Waals surface area contributed by atoms with Gasteiger partial charge in [-0.15, -0.1) is 12.4 Å². The van der Waals surface area contributed by atoms with Crippen molar-refractivity contribution in [2.75, 3.05) is 5.32 Å². The highest BCUT2D eigenvalue weighted by atomic mass is 35.5. The van der Waals surface area contributed by atoms with E-state index in [1.807, 2.05) is 31.2 Å². The predicted molar refractivity (Wildman–Crippen MR) is 94.5 cm³/mol. The topological polar surface area (TPSA) is 84.2 Å². The SMILES string of the molecule is CC(=O)Nc1cccc(C(C)NC(=O)C2CCCC(N)C2)c1.Cl. The van der Waals surface area contributed by atoms with Gasteiger partial charge >= 0.3 is 0 Å². The molecule has 23 heavy (non-hydrogen) atoms. The number of rotatable bonds is 4. The first-order chi connectivity index (χ1) is 10.5. The van der Waals surface area contributed by atoms with Gasteiger partial charge in [-0.05, 0) is 43.9 Å². The predicted octanol–water partition coefficient (Wildman–Crippen LogP) is 2.76. The maximum absolute atomic E-state index is 12.4. The largest absolute Gasteiger partial charge is 0.349 e.